The normalized spacial score (nSPS) is 13.8. The van der Waals surface area contributed by atoms with Crippen molar-refractivity contribution in [1.29, 1.82) is 0 Å². The lowest BCUT2D eigenvalue weighted by Gasteiger charge is -2.23. The Hall–Kier alpha value is -4.44. The Morgan fingerprint density at radius 3 is 2.51 bits per heavy atom. The number of carbonyl (C=O) groups is 2. The van der Waals surface area contributed by atoms with Gasteiger partial charge in [-0.2, -0.15) is 0 Å². The van der Waals surface area contributed by atoms with E-state index in [0.717, 1.165) is 0 Å². The zero-order valence-electron chi connectivity index (χ0n) is 22.8. The van der Waals surface area contributed by atoms with Crippen LogP contribution >= 0.6 is 11.6 Å². The molecule has 1 aliphatic rings. The number of halogens is 2. The lowest BCUT2D eigenvalue weighted by atomic mass is 10.1. The number of anilines is 3. The van der Waals surface area contributed by atoms with E-state index in [0.29, 0.717) is 57.3 Å². The lowest BCUT2D eigenvalue weighted by Crippen LogP contribution is -2.47. The first-order valence-corrected chi connectivity index (χ1v) is 13.4. The first kappa shape index (κ1) is 28.1. The van der Waals surface area contributed by atoms with Crippen molar-refractivity contribution in [2.24, 2.45) is 0 Å². The molecule has 11 heteroatoms. The molecule has 3 aromatic carbocycles. The van der Waals surface area contributed by atoms with Crippen LogP contribution in [0.1, 0.15) is 39.2 Å². The molecule has 1 aliphatic carbocycles. The van der Waals surface area contributed by atoms with E-state index >= 15 is 0 Å². The highest BCUT2D eigenvalue weighted by molar-refractivity contribution is 6.32. The summed E-state index contributed by atoms with van der Waals surface area (Å²) in [5, 5.41) is 9.87. The molecule has 0 saturated heterocycles. The van der Waals surface area contributed by atoms with Crippen LogP contribution in [0.5, 0.6) is 5.75 Å². The highest BCUT2D eigenvalue weighted by Crippen LogP contribution is 2.37. The smallest absolute Gasteiger partial charge is 0.408 e. The summed E-state index contributed by atoms with van der Waals surface area (Å²) in [6.07, 6.45) is 1.84. The second-order valence-electron chi connectivity index (χ2n) is 10.8. The fraction of sp³-hybridized carbons (Fsp3) is 0.267. The van der Waals surface area contributed by atoms with Crippen LogP contribution in [-0.2, 0) is 16.1 Å². The fourth-order valence-electron chi connectivity index (χ4n) is 4.14. The van der Waals surface area contributed by atoms with Crippen molar-refractivity contribution in [2.75, 3.05) is 10.6 Å². The Kier molecular flexibility index (Phi) is 7.68. The van der Waals surface area contributed by atoms with Crippen molar-refractivity contribution in [2.45, 2.75) is 51.4 Å². The van der Waals surface area contributed by atoms with Gasteiger partial charge in [-0.3, -0.25) is 4.79 Å². The van der Waals surface area contributed by atoms with E-state index in [2.05, 4.69) is 25.9 Å². The van der Waals surface area contributed by atoms with Crippen molar-refractivity contribution in [1.82, 2.24) is 15.3 Å². The average molecular weight is 578 g/mol. The molecule has 1 fully saturated rings. The molecule has 41 heavy (non-hydrogen) atoms. The van der Waals surface area contributed by atoms with Crippen LogP contribution in [-0.4, -0.2) is 33.1 Å². The van der Waals surface area contributed by atoms with E-state index in [-0.39, 0.29) is 18.3 Å². The number of aromatic nitrogens is 2. The molecule has 3 N–H and O–H groups in total. The molecular formula is C30H29ClFN5O4. The summed E-state index contributed by atoms with van der Waals surface area (Å²) >= 11 is 6.46. The van der Waals surface area contributed by atoms with E-state index in [1.54, 1.807) is 69.3 Å². The van der Waals surface area contributed by atoms with E-state index in [1.165, 1.54) is 18.5 Å². The molecule has 0 radical (unpaired) electrons. The Morgan fingerprint density at radius 1 is 1.02 bits per heavy atom. The number of amides is 2. The van der Waals surface area contributed by atoms with Crippen molar-refractivity contribution in [3.05, 3.63) is 83.4 Å². The van der Waals surface area contributed by atoms with Gasteiger partial charge in [0.1, 0.15) is 41.5 Å². The zero-order chi connectivity index (χ0) is 29.2. The topological polar surface area (TPSA) is 114 Å². The number of carbonyl (C=O) groups excluding carboxylic acids is 2. The van der Waals surface area contributed by atoms with Gasteiger partial charge in [-0.05, 0) is 87.7 Å². The summed E-state index contributed by atoms with van der Waals surface area (Å²) in [4.78, 5) is 34.0. The minimum Gasteiger partial charge on any atom is -0.487 e. The molecule has 1 saturated carbocycles. The van der Waals surface area contributed by atoms with Crippen LogP contribution in [0.4, 0.5) is 26.4 Å². The average Bonchev–Trinajstić information content (AvgIpc) is 3.68. The number of hydrogen-bond acceptors (Lipinski definition) is 7. The van der Waals surface area contributed by atoms with Gasteiger partial charge in [-0.15, -0.1) is 0 Å². The molecule has 5 rings (SSSR count). The third-order valence-electron chi connectivity index (χ3n) is 6.30. The van der Waals surface area contributed by atoms with E-state index in [1.807, 2.05) is 0 Å². The molecular weight excluding hydrogens is 549 g/mol. The van der Waals surface area contributed by atoms with Crippen LogP contribution in [0.3, 0.4) is 0 Å². The van der Waals surface area contributed by atoms with Gasteiger partial charge in [-0.1, -0.05) is 23.7 Å². The maximum atomic E-state index is 13.4. The van der Waals surface area contributed by atoms with Crippen molar-refractivity contribution < 1.29 is 23.5 Å². The molecule has 9 nitrogen and oxygen atoms in total. The Bertz CT molecular complexity index is 1620. The summed E-state index contributed by atoms with van der Waals surface area (Å²) in [6.45, 7) is 5.46. The van der Waals surface area contributed by atoms with Crippen LogP contribution in [0.25, 0.3) is 10.9 Å². The van der Waals surface area contributed by atoms with E-state index in [9.17, 15) is 14.0 Å². The van der Waals surface area contributed by atoms with E-state index in [4.69, 9.17) is 21.1 Å². The molecule has 4 aromatic rings. The van der Waals surface area contributed by atoms with Crippen molar-refractivity contribution >= 4 is 51.7 Å². The van der Waals surface area contributed by atoms with Gasteiger partial charge in [0.2, 0.25) is 5.91 Å². The Morgan fingerprint density at radius 2 is 1.80 bits per heavy atom. The third-order valence-corrected chi connectivity index (χ3v) is 6.59. The van der Waals surface area contributed by atoms with Gasteiger partial charge in [-0.25, -0.2) is 19.2 Å². The lowest BCUT2D eigenvalue weighted by molar-refractivity contribution is -0.119. The number of hydrogen-bond donors (Lipinski definition) is 3. The van der Waals surface area contributed by atoms with Gasteiger partial charge >= 0.3 is 6.09 Å². The fourth-order valence-corrected chi connectivity index (χ4v) is 4.37. The second kappa shape index (κ2) is 11.2. The third kappa shape index (κ3) is 7.01. The Balaban J connectivity index is 1.28. The number of rotatable bonds is 8. The number of benzene rings is 3. The standard InChI is InChI=1S/C30H29ClFN5O4/c1-29(2,3)41-28(39)37-30(11-12-30)27(38)36-20-7-9-24-22(14-20)26(34-17-33-24)35-21-8-10-25(23(31)15-21)40-16-18-5-4-6-19(32)13-18/h4-10,13-15,17H,11-12,16H2,1-3H3,(H,36,38)(H,37,39)(H,33,34,35). The predicted molar refractivity (Wildman–Crippen MR) is 155 cm³/mol. The number of fused-ring (bicyclic) bond motifs is 1. The van der Waals surface area contributed by atoms with Gasteiger partial charge in [0.25, 0.3) is 0 Å². The van der Waals surface area contributed by atoms with Crippen LogP contribution in [0.2, 0.25) is 5.02 Å². The molecule has 2 amide bonds. The predicted octanol–water partition coefficient (Wildman–Crippen LogP) is 6.74. The summed E-state index contributed by atoms with van der Waals surface area (Å²) in [7, 11) is 0. The molecule has 0 atom stereocenters. The highest BCUT2D eigenvalue weighted by Gasteiger charge is 2.52. The van der Waals surface area contributed by atoms with Gasteiger partial charge in [0.05, 0.1) is 10.5 Å². The first-order valence-electron chi connectivity index (χ1n) is 13.0. The summed E-state index contributed by atoms with van der Waals surface area (Å²) in [6, 6.07) is 16.6. The van der Waals surface area contributed by atoms with Crippen LogP contribution in [0.15, 0.2) is 67.0 Å². The molecule has 0 bridgehead atoms. The molecule has 1 heterocycles. The molecule has 212 valence electrons. The van der Waals surface area contributed by atoms with Gasteiger partial charge in [0, 0.05) is 16.8 Å². The monoisotopic (exact) mass is 577 g/mol. The quantitative estimate of drug-likeness (QED) is 0.212. The van der Waals surface area contributed by atoms with Gasteiger partial charge in [0.15, 0.2) is 0 Å². The van der Waals surface area contributed by atoms with E-state index < -0.39 is 17.2 Å². The maximum absolute atomic E-state index is 13.4. The molecule has 0 aliphatic heterocycles. The zero-order valence-corrected chi connectivity index (χ0v) is 23.5. The summed E-state index contributed by atoms with van der Waals surface area (Å²) in [5.41, 5.74) is 0.860. The number of nitrogens with zero attached hydrogens (tertiary/aromatic N) is 2. The summed E-state index contributed by atoms with van der Waals surface area (Å²) < 4.78 is 24.5. The Labute approximate surface area is 241 Å². The minimum atomic E-state index is -0.999. The van der Waals surface area contributed by atoms with Gasteiger partial charge < -0.3 is 25.4 Å². The number of alkyl carbamates (subject to hydrolysis) is 1. The number of ether oxygens (including phenoxy) is 2. The van der Waals surface area contributed by atoms with Crippen LogP contribution < -0.4 is 20.7 Å². The van der Waals surface area contributed by atoms with Crippen LogP contribution in [0, 0.1) is 5.82 Å². The number of nitrogens with one attached hydrogen (secondary N) is 3. The highest BCUT2D eigenvalue weighted by atomic mass is 35.5. The maximum Gasteiger partial charge on any atom is 0.408 e. The first-order chi connectivity index (χ1) is 19.5. The minimum absolute atomic E-state index is 0.171. The largest absolute Gasteiger partial charge is 0.487 e. The molecule has 0 unspecified atom stereocenters. The summed E-state index contributed by atoms with van der Waals surface area (Å²) in [5.74, 6) is 0.298. The molecule has 0 spiro atoms. The second-order valence-corrected chi connectivity index (χ2v) is 11.2. The SMILES string of the molecule is CC(C)(C)OC(=O)NC1(C(=O)Nc2ccc3ncnc(Nc4ccc(OCc5cccc(F)c5)c(Cl)c4)c3c2)CC1. The molecule has 1 aromatic heterocycles. The van der Waals surface area contributed by atoms with Crippen molar-refractivity contribution in [3.8, 4) is 5.75 Å². The van der Waals surface area contributed by atoms with Crippen molar-refractivity contribution in [3.63, 3.8) is 0 Å².